The first-order valence-corrected chi connectivity index (χ1v) is 9.64. The molecule has 1 aliphatic carbocycles. The largest absolute Gasteiger partial charge is 0.457 e. The van der Waals surface area contributed by atoms with Gasteiger partial charge in [-0.1, -0.05) is 0 Å². The van der Waals surface area contributed by atoms with Crippen molar-refractivity contribution in [2.45, 2.75) is 23.8 Å². The Hall–Kier alpha value is -2.43. The normalized spacial score (nSPS) is 16.3. The summed E-state index contributed by atoms with van der Waals surface area (Å²) in [6.07, 6.45) is 2.58. The topological polar surface area (TPSA) is 79.2 Å². The Balaban J connectivity index is 2.09. The van der Waals surface area contributed by atoms with Crippen LogP contribution < -0.4 is 10.1 Å². The summed E-state index contributed by atoms with van der Waals surface area (Å²) in [6, 6.07) is 8.68. The number of sulfone groups is 1. The van der Waals surface area contributed by atoms with Gasteiger partial charge >= 0.3 is 0 Å². The summed E-state index contributed by atoms with van der Waals surface area (Å²) in [5.41, 5.74) is 1.66. The molecule has 1 aliphatic rings. The summed E-state index contributed by atoms with van der Waals surface area (Å²) in [4.78, 5) is 0.281. The molecule has 2 aromatic carbocycles. The molecule has 25 heavy (non-hydrogen) atoms. The second-order valence-corrected chi connectivity index (χ2v) is 7.98. The van der Waals surface area contributed by atoms with Crippen LogP contribution in [0, 0.1) is 17.1 Å². The molecule has 5 nitrogen and oxygen atoms in total. The van der Waals surface area contributed by atoms with E-state index in [1.807, 2.05) is 6.07 Å². The van der Waals surface area contributed by atoms with Crippen LogP contribution in [0.3, 0.4) is 0 Å². The number of hydrogen-bond donors (Lipinski definition) is 1. The third-order valence-electron chi connectivity index (χ3n) is 4.28. The molecule has 0 fully saturated rings. The summed E-state index contributed by atoms with van der Waals surface area (Å²) in [7, 11) is -1.59. The van der Waals surface area contributed by atoms with E-state index in [1.165, 1.54) is 24.5 Å². The summed E-state index contributed by atoms with van der Waals surface area (Å²) in [5, 5.41) is 12.1. The van der Waals surface area contributed by atoms with Gasteiger partial charge in [0, 0.05) is 23.9 Å². The van der Waals surface area contributed by atoms with E-state index in [1.54, 1.807) is 13.1 Å². The molecule has 7 heteroatoms. The van der Waals surface area contributed by atoms with E-state index < -0.39 is 15.7 Å². The molecule has 0 heterocycles. The average molecular weight is 360 g/mol. The SMILES string of the molecule is CNC1CCc2c(Oc3cc(F)cc(C#N)c3)ccc(S(C)(=O)=O)c21. The van der Waals surface area contributed by atoms with E-state index in [2.05, 4.69) is 5.32 Å². The Kier molecular flexibility index (Phi) is 4.50. The van der Waals surface area contributed by atoms with Crippen molar-refractivity contribution in [3.8, 4) is 17.6 Å². The quantitative estimate of drug-likeness (QED) is 0.906. The highest BCUT2D eigenvalue weighted by atomic mass is 32.2. The van der Waals surface area contributed by atoms with Crippen molar-refractivity contribution in [3.05, 3.63) is 52.8 Å². The molecule has 0 amide bonds. The lowest BCUT2D eigenvalue weighted by Crippen LogP contribution is -2.16. The lowest BCUT2D eigenvalue weighted by molar-refractivity contribution is 0.470. The molecule has 2 aromatic rings. The molecule has 0 saturated heterocycles. The molecule has 0 bridgehead atoms. The van der Waals surface area contributed by atoms with Gasteiger partial charge in [-0.2, -0.15) is 5.26 Å². The number of rotatable bonds is 4. The van der Waals surface area contributed by atoms with Crippen LogP contribution in [0.2, 0.25) is 0 Å². The standard InChI is InChI=1S/C18H17FN2O3S/c1-21-15-4-3-14-16(5-6-17(18(14)15)25(2,22)23)24-13-8-11(10-20)7-12(19)9-13/h5-9,15,21H,3-4H2,1-2H3. The van der Waals surface area contributed by atoms with Crippen LogP contribution in [-0.4, -0.2) is 21.7 Å². The molecule has 1 N–H and O–H groups in total. The van der Waals surface area contributed by atoms with E-state index in [-0.39, 0.29) is 22.3 Å². The van der Waals surface area contributed by atoms with E-state index in [9.17, 15) is 12.8 Å². The highest BCUT2D eigenvalue weighted by molar-refractivity contribution is 7.90. The lowest BCUT2D eigenvalue weighted by atomic mass is 10.1. The number of hydrogen-bond acceptors (Lipinski definition) is 5. The van der Waals surface area contributed by atoms with Gasteiger partial charge in [-0.3, -0.25) is 0 Å². The average Bonchev–Trinajstić information content (AvgIpc) is 2.97. The van der Waals surface area contributed by atoms with Crippen molar-refractivity contribution in [1.29, 1.82) is 5.26 Å². The third kappa shape index (κ3) is 3.36. The number of halogens is 1. The van der Waals surface area contributed by atoms with Crippen molar-refractivity contribution in [2.75, 3.05) is 13.3 Å². The van der Waals surface area contributed by atoms with Crippen LogP contribution in [0.5, 0.6) is 11.5 Å². The second kappa shape index (κ2) is 6.47. The van der Waals surface area contributed by atoms with Gasteiger partial charge in [0.2, 0.25) is 0 Å². The summed E-state index contributed by atoms with van der Waals surface area (Å²) in [6.45, 7) is 0. The van der Waals surface area contributed by atoms with E-state index in [4.69, 9.17) is 10.00 Å². The molecule has 3 rings (SSSR count). The number of nitrogens with zero attached hydrogens (tertiary/aromatic N) is 1. The van der Waals surface area contributed by atoms with E-state index in [0.29, 0.717) is 17.7 Å². The fraction of sp³-hybridized carbons (Fsp3) is 0.278. The Morgan fingerprint density at radius 1 is 1.32 bits per heavy atom. The highest BCUT2D eigenvalue weighted by Gasteiger charge is 2.30. The summed E-state index contributed by atoms with van der Waals surface area (Å²) in [5.74, 6) is 0.125. The minimum absolute atomic E-state index is 0.0783. The predicted octanol–water partition coefficient (Wildman–Crippen LogP) is 3.10. The Morgan fingerprint density at radius 3 is 2.72 bits per heavy atom. The maximum absolute atomic E-state index is 13.6. The highest BCUT2D eigenvalue weighted by Crippen LogP contribution is 2.42. The van der Waals surface area contributed by atoms with Crippen LogP contribution in [0.15, 0.2) is 35.2 Å². The molecule has 1 unspecified atom stereocenters. The van der Waals surface area contributed by atoms with Crippen molar-refractivity contribution in [2.24, 2.45) is 0 Å². The van der Waals surface area contributed by atoms with Crippen molar-refractivity contribution >= 4 is 9.84 Å². The van der Waals surface area contributed by atoms with Crippen LogP contribution >= 0.6 is 0 Å². The number of nitriles is 1. The zero-order valence-electron chi connectivity index (χ0n) is 13.8. The van der Waals surface area contributed by atoms with Gasteiger partial charge in [-0.25, -0.2) is 12.8 Å². The van der Waals surface area contributed by atoms with Crippen molar-refractivity contribution < 1.29 is 17.5 Å². The van der Waals surface area contributed by atoms with Crippen LogP contribution in [0.1, 0.15) is 29.2 Å². The fourth-order valence-electron chi connectivity index (χ4n) is 3.22. The maximum atomic E-state index is 13.6. The van der Waals surface area contributed by atoms with Gasteiger partial charge in [0.05, 0.1) is 16.5 Å². The van der Waals surface area contributed by atoms with Crippen LogP contribution in [0.4, 0.5) is 4.39 Å². The molecular weight excluding hydrogens is 343 g/mol. The Labute approximate surface area is 146 Å². The molecule has 0 saturated carbocycles. The van der Waals surface area contributed by atoms with Gasteiger partial charge in [0.1, 0.15) is 17.3 Å². The van der Waals surface area contributed by atoms with Crippen LogP contribution in [0.25, 0.3) is 0 Å². The van der Waals surface area contributed by atoms with Crippen molar-refractivity contribution in [3.63, 3.8) is 0 Å². The van der Waals surface area contributed by atoms with Gasteiger partial charge in [0.15, 0.2) is 9.84 Å². The number of ether oxygens (including phenoxy) is 1. The minimum atomic E-state index is -3.38. The van der Waals surface area contributed by atoms with Crippen LogP contribution in [-0.2, 0) is 16.3 Å². The van der Waals surface area contributed by atoms with E-state index in [0.717, 1.165) is 18.1 Å². The zero-order chi connectivity index (χ0) is 18.2. The fourth-order valence-corrected chi connectivity index (χ4v) is 4.20. The van der Waals surface area contributed by atoms with Crippen molar-refractivity contribution in [1.82, 2.24) is 5.32 Å². The molecule has 0 aromatic heterocycles. The summed E-state index contributed by atoms with van der Waals surface area (Å²) < 4.78 is 43.6. The monoisotopic (exact) mass is 360 g/mol. The Morgan fingerprint density at radius 2 is 2.08 bits per heavy atom. The second-order valence-electron chi connectivity index (χ2n) is 6.00. The number of nitrogens with one attached hydrogen (secondary N) is 1. The first kappa shape index (κ1) is 17.4. The first-order valence-electron chi connectivity index (χ1n) is 7.75. The maximum Gasteiger partial charge on any atom is 0.175 e. The van der Waals surface area contributed by atoms with Gasteiger partial charge in [-0.05, 0) is 49.7 Å². The van der Waals surface area contributed by atoms with E-state index >= 15 is 0 Å². The molecule has 0 aliphatic heterocycles. The zero-order valence-corrected chi connectivity index (χ0v) is 14.7. The molecule has 0 radical (unpaired) electrons. The lowest BCUT2D eigenvalue weighted by Gasteiger charge is -2.17. The summed E-state index contributed by atoms with van der Waals surface area (Å²) >= 11 is 0. The number of fused-ring (bicyclic) bond motifs is 1. The Bertz CT molecular complexity index is 981. The molecule has 1 atom stereocenters. The van der Waals surface area contributed by atoms with Gasteiger partial charge in [-0.15, -0.1) is 0 Å². The van der Waals surface area contributed by atoms with Gasteiger partial charge in [0.25, 0.3) is 0 Å². The third-order valence-corrected chi connectivity index (χ3v) is 5.44. The number of benzene rings is 2. The van der Waals surface area contributed by atoms with Gasteiger partial charge < -0.3 is 10.1 Å². The molecular formula is C18H17FN2O3S. The molecule has 130 valence electrons. The first-order chi connectivity index (χ1) is 11.8. The minimum Gasteiger partial charge on any atom is -0.457 e. The predicted molar refractivity (Wildman–Crippen MR) is 90.9 cm³/mol. The molecule has 0 spiro atoms. The smallest absolute Gasteiger partial charge is 0.175 e.